The summed E-state index contributed by atoms with van der Waals surface area (Å²) >= 11 is 6.18. The van der Waals surface area contributed by atoms with Crippen molar-refractivity contribution >= 4 is 17.5 Å². The van der Waals surface area contributed by atoms with Crippen LogP contribution in [0.3, 0.4) is 0 Å². The predicted octanol–water partition coefficient (Wildman–Crippen LogP) is 3.69. The van der Waals surface area contributed by atoms with E-state index in [4.69, 9.17) is 11.6 Å². The molecular formula is C15H21ClN2O. The number of nitrogens with zero attached hydrogens (tertiary/aromatic N) is 2. The average Bonchev–Trinajstić information content (AvgIpc) is 2.38. The van der Waals surface area contributed by atoms with Gasteiger partial charge in [0.05, 0.1) is 10.6 Å². The zero-order valence-corrected chi connectivity index (χ0v) is 12.6. The molecule has 0 N–H and O–H groups in total. The van der Waals surface area contributed by atoms with Gasteiger partial charge in [0.15, 0.2) is 0 Å². The molecule has 0 spiro atoms. The fraction of sp³-hybridized carbons (Fsp3) is 0.600. The number of rotatable bonds is 2. The molecule has 0 aliphatic carbocycles. The van der Waals surface area contributed by atoms with Gasteiger partial charge in [0.1, 0.15) is 0 Å². The van der Waals surface area contributed by atoms with E-state index in [0.29, 0.717) is 22.5 Å². The van der Waals surface area contributed by atoms with Gasteiger partial charge >= 0.3 is 0 Å². The van der Waals surface area contributed by atoms with E-state index < -0.39 is 0 Å². The van der Waals surface area contributed by atoms with Gasteiger partial charge in [-0.15, -0.1) is 0 Å². The van der Waals surface area contributed by atoms with Crippen LogP contribution in [0, 0.1) is 12.8 Å². The minimum Gasteiger partial charge on any atom is -0.335 e. The van der Waals surface area contributed by atoms with Crippen LogP contribution in [0.25, 0.3) is 0 Å². The Labute approximate surface area is 120 Å². The van der Waals surface area contributed by atoms with E-state index in [9.17, 15) is 4.79 Å². The van der Waals surface area contributed by atoms with Crippen LogP contribution in [0.5, 0.6) is 0 Å². The van der Waals surface area contributed by atoms with Crippen LogP contribution >= 0.6 is 11.6 Å². The quantitative estimate of drug-likeness (QED) is 0.828. The van der Waals surface area contributed by atoms with E-state index in [0.717, 1.165) is 25.1 Å². The van der Waals surface area contributed by atoms with Gasteiger partial charge in [0.2, 0.25) is 0 Å². The fourth-order valence-corrected chi connectivity index (χ4v) is 3.03. The van der Waals surface area contributed by atoms with Gasteiger partial charge in [-0.05, 0) is 38.2 Å². The SMILES string of the molecule is Cc1cc(Cl)c(C(=O)N2CCCC[C@H]2C(C)C)cn1. The summed E-state index contributed by atoms with van der Waals surface area (Å²) in [6.45, 7) is 7.04. The first-order valence-electron chi connectivity index (χ1n) is 6.94. The van der Waals surface area contributed by atoms with E-state index in [1.807, 2.05) is 11.8 Å². The Kier molecular flexibility index (Phi) is 4.46. The van der Waals surface area contributed by atoms with Crippen LogP contribution in [-0.4, -0.2) is 28.4 Å². The number of aromatic nitrogens is 1. The van der Waals surface area contributed by atoms with Crippen LogP contribution in [-0.2, 0) is 0 Å². The smallest absolute Gasteiger partial charge is 0.257 e. The molecular weight excluding hydrogens is 260 g/mol. The topological polar surface area (TPSA) is 33.2 Å². The Bertz CT molecular complexity index is 473. The number of halogens is 1. The van der Waals surface area contributed by atoms with Gasteiger partial charge in [-0.25, -0.2) is 0 Å². The molecule has 1 aliphatic rings. The minimum absolute atomic E-state index is 0.0240. The number of pyridine rings is 1. The van der Waals surface area contributed by atoms with Crippen molar-refractivity contribution in [2.75, 3.05) is 6.54 Å². The lowest BCUT2D eigenvalue weighted by Gasteiger charge is -2.38. The third-order valence-corrected chi connectivity index (χ3v) is 4.11. The molecule has 1 aromatic heterocycles. The van der Waals surface area contributed by atoms with Gasteiger partial charge in [-0.3, -0.25) is 9.78 Å². The summed E-state index contributed by atoms with van der Waals surface area (Å²) in [5.41, 5.74) is 1.36. The standard InChI is InChI=1S/C15H21ClN2O/c1-10(2)14-6-4-5-7-18(14)15(19)12-9-17-11(3)8-13(12)16/h8-10,14H,4-7H2,1-3H3/t14-/m0/s1. The monoisotopic (exact) mass is 280 g/mol. The molecule has 0 aromatic carbocycles. The Hall–Kier alpha value is -1.09. The second-order valence-corrected chi connectivity index (χ2v) is 6.02. The van der Waals surface area contributed by atoms with Crippen LogP contribution in [0.2, 0.25) is 5.02 Å². The average molecular weight is 281 g/mol. The maximum atomic E-state index is 12.6. The highest BCUT2D eigenvalue weighted by atomic mass is 35.5. The van der Waals surface area contributed by atoms with Crippen LogP contribution in [0.4, 0.5) is 0 Å². The number of likely N-dealkylation sites (tertiary alicyclic amines) is 1. The first kappa shape index (κ1) is 14.3. The molecule has 19 heavy (non-hydrogen) atoms. The molecule has 1 saturated heterocycles. The zero-order chi connectivity index (χ0) is 14.0. The highest BCUT2D eigenvalue weighted by Crippen LogP contribution is 2.26. The number of amides is 1. The van der Waals surface area contributed by atoms with Gasteiger partial charge < -0.3 is 4.90 Å². The third-order valence-electron chi connectivity index (χ3n) is 3.80. The molecule has 104 valence electrons. The molecule has 0 bridgehead atoms. The number of hydrogen-bond donors (Lipinski definition) is 0. The first-order chi connectivity index (χ1) is 9.00. The molecule has 1 aliphatic heterocycles. The lowest BCUT2D eigenvalue weighted by molar-refractivity contribution is 0.0543. The minimum atomic E-state index is 0.0240. The van der Waals surface area contributed by atoms with E-state index >= 15 is 0 Å². The third kappa shape index (κ3) is 3.08. The van der Waals surface area contributed by atoms with Crippen molar-refractivity contribution in [2.45, 2.75) is 46.1 Å². The number of aryl methyl sites for hydroxylation is 1. The van der Waals surface area contributed by atoms with Crippen molar-refractivity contribution in [3.8, 4) is 0 Å². The van der Waals surface area contributed by atoms with Gasteiger partial charge in [0, 0.05) is 24.5 Å². The maximum Gasteiger partial charge on any atom is 0.257 e. The second kappa shape index (κ2) is 5.91. The Balaban J connectivity index is 2.26. The Morgan fingerprint density at radius 1 is 1.47 bits per heavy atom. The van der Waals surface area contributed by atoms with Crippen molar-refractivity contribution in [3.05, 3.63) is 28.5 Å². The molecule has 2 heterocycles. The number of carbonyl (C=O) groups is 1. The van der Waals surface area contributed by atoms with E-state index in [1.54, 1.807) is 12.3 Å². The first-order valence-corrected chi connectivity index (χ1v) is 7.31. The van der Waals surface area contributed by atoms with E-state index in [1.165, 1.54) is 6.42 Å². The molecule has 1 aromatic rings. The number of piperidine rings is 1. The Morgan fingerprint density at radius 2 is 2.21 bits per heavy atom. The van der Waals surface area contributed by atoms with Crippen molar-refractivity contribution in [1.29, 1.82) is 0 Å². The molecule has 2 rings (SSSR count). The van der Waals surface area contributed by atoms with E-state index in [2.05, 4.69) is 18.8 Å². The van der Waals surface area contributed by atoms with Gasteiger partial charge in [-0.2, -0.15) is 0 Å². The Morgan fingerprint density at radius 3 is 2.84 bits per heavy atom. The summed E-state index contributed by atoms with van der Waals surface area (Å²) in [7, 11) is 0. The van der Waals surface area contributed by atoms with Gasteiger partial charge in [-0.1, -0.05) is 25.4 Å². The maximum absolute atomic E-state index is 12.6. The molecule has 0 unspecified atom stereocenters. The highest BCUT2D eigenvalue weighted by molar-refractivity contribution is 6.33. The molecule has 1 fully saturated rings. The van der Waals surface area contributed by atoms with Crippen LogP contribution in [0.15, 0.2) is 12.3 Å². The lowest BCUT2D eigenvalue weighted by Crippen LogP contribution is -2.46. The van der Waals surface area contributed by atoms with Gasteiger partial charge in [0.25, 0.3) is 5.91 Å². The van der Waals surface area contributed by atoms with Crippen molar-refractivity contribution in [3.63, 3.8) is 0 Å². The summed E-state index contributed by atoms with van der Waals surface area (Å²) in [6.07, 6.45) is 4.96. The molecule has 3 nitrogen and oxygen atoms in total. The molecule has 1 amide bonds. The summed E-state index contributed by atoms with van der Waals surface area (Å²) in [5.74, 6) is 0.498. The lowest BCUT2D eigenvalue weighted by atomic mass is 9.92. The fourth-order valence-electron chi connectivity index (χ4n) is 2.74. The van der Waals surface area contributed by atoms with Crippen molar-refractivity contribution < 1.29 is 4.79 Å². The summed E-state index contributed by atoms with van der Waals surface area (Å²) in [4.78, 5) is 18.8. The molecule has 0 saturated carbocycles. The zero-order valence-electron chi connectivity index (χ0n) is 11.8. The number of carbonyl (C=O) groups excluding carboxylic acids is 1. The summed E-state index contributed by atoms with van der Waals surface area (Å²) < 4.78 is 0. The summed E-state index contributed by atoms with van der Waals surface area (Å²) in [6, 6.07) is 2.07. The van der Waals surface area contributed by atoms with Crippen LogP contribution < -0.4 is 0 Å². The van der Waals surface area contributed by atoms with Crippen molar-refractivity contribution in [1.82, 2.24) is 9.88 Å². The van der Waals surface area contributed by atoms with Crippen molar-refractivity contribution in [2.24, 2.45) is 5.92 Å². The largest absolute Gasteiger partial charge is 0.335 e. The molecule has 0 radical (unpaired) electrons. The number of hydrogen-bond acceptors (Lipinski definition) is 2. The molecule has 4 heteroatoms. The van der Waals surface area contributed by atoms with E-state index in [-0.39, 0.29) is 5.91 Å². The normalized spacial score (nSPS) is 19.8. The second-order valence-electron chi connectivity index (χ2n) is 5.61. The predicted molar refractivity (Wildman–Crippen MR) is 77.5 cm³/mol. The van der Waals surface area contributed by atoms with Crippen LogP contribution in [0.1, 0.15) is 49.2 Å². The summed E-state index contributed by atoms with van der Waals surface area (Å²) in [5, 5.41) is 0.505. The molecule has 1 atom stereocenters. The highest BCUT2D eigenvalue weighted by Gasteiger charge is 2.30.